The molecule has 0 aromatic carbocycles. The summed E-state index contributed by atoms with van der Waals surface area (Å²) in [6, 6.07) is 0. The number of nitrogens with one attached hydrogen (secondary N) is 1. The Morgan fingerprint density at radius 1 is 1.20 bits per heavy atom. The normalized spacial score (nSPS) is 28.6. The van der Waals surface area contributed by atoms with E-state index < -0.39 is 10.2 Å². The second kappa shape index (κ2) is 7.20. The van der Waals surface area contributed by atoms with Crippen LogP contribution >= 0.6 is 0 Å². The highest BCUT2D eigenvalue weighted by Gasteiger charge is 2.37. The molecule has 1 aliphatic heterocycles. The number of hydrogen-bond acceptors (Lipinski definition) is 3. The van der Waals surface area contributed by atoms with Crippen molar-refractivity contribution in [2.24, 2.45) is 11.8 Å². The summed E-state index contributed by atoms with van der Waals surface area (Å²) in [7, 11) is 0.343. The molecule has 0 aromatic rings. The molecule has 0 radical (unpaired) electrons. The lowest BCUT2D eigenvalue weighted by molar-refractivity contribution is 0.132. The number of nitrogens with zero attached hydrogens (tertiary/aromatic N) is 2. The predicted molar refractivity (Wildman–Crippen MR) is 81.7 cm³/mol. The minimum Gasteiger partial charge on any atom is -0.320 e. The molecule has 0 amide bonds. The lowest BCUT2D eigenvalue weighted by Crippen LogP contribution is -2.49. The summed E-state index contributed by atoms with van der Waals surface area (Å²) in [5.41, 5.74) is 0. The van der Waals surface area contributed by atoms with Crippen LogP contribution in [0.1, 0.15) is 38.5 Å². The minimum absolute atomic E-state index is 0.591. The lowest BCUT2D eigenvalue weighted by Gasteiger charge is -2.41. The minimum atomic E-state index is -3.25. The first-order valence-electron chi connectivity index (χ1n) is 7.91. The molecule has 5 nitrogen and oxygen atoms in total. The van der Waals surface area contributed by atoms with Gasteiger partial charge in [0.15, 0.2) is 0 Å². The summed E-state index contributed by atoms with van der Waals surface area (Å²) in [6.45, 7) is 2.89. The summed E-state index contributed by atoms with van der Waals surface area (Å²) in [4.78, 5) is 0. The Bertz CT molecular complexity index is 399. The molecule has 2 rings (SSSR count). The van der Waals surface area contributed by atoms with Crippen LogP contribution in [0.4, 0.5) is 0 Å². The van der Waals surface area contributed by atoms with Crippen LogP contribution in [0.2, 0.25) is 0 Å². The Labute approximate surface area is 123 Å². The molecule has 2 atom stereocenters. The largest absolute Gasteiger partial charge is 0.320 e. The predicted octanol–water partition coefficient (Wildman–Crippen LogP) is 1.28. The van der Waals surface area contributed by atoms with Crippen molar-refractivity contribution in [3.8, 4) is 0 Å². The van der Waals surface area contributed by atoms with Crippen molar-refractivity contribution in [1.82, 2.24) is 13.9 Å². The Hall–Kier alpha value is -0.170. The Kier molecular flexibility index (Phi) is 5.84. The van der Waals surface area contributed by atoms with Gasteiger partial charge in [0, 0.05) is 26.7 Å². The van der Waals surface area contributed by atoms with Crippen molar-refractivity contribution < 1.29 is 8.42 Å². The van der Waals surface area contributed by atoms with Gasteiger partial charge in [0.25, 0.3) is 10.2 Å². The summed E-state index contributed by atoms with van der Waals surface area (Å²) in [5, 5.41) is 3.06. The SMILES string of the molecule is CNCCCN(C)S(=O)(=O)N1CCC2CCCCC2C1. The number of hydrogen-bond donors (Lipinski definition) is 1. The second-order valence-corrected chi connectivity index (χ2v) is 8.27. The van der Waals surface area contributed by atoms with Crippen LogP contribution in [-0.2, 0) is 10.2 Å². The quantitative estimate of drug-likeness (QED) is 0.752. The Balaban J connectivity index is 1.92. The van der Waals surface area contributed by atoms with Gasteiger partial charge in [-0.05, 0) is 44.7 Å². The van der Waals surface area contributed by atoms with Crippen LogP contribution in [0, 0.1) is 11.8 Å². The van der Waals surface area contributed by atoms with Gasteiger partial charge in [-0.2, -0.15) is 17.0 Å². The Morgan fingerprint density at radius 3 is 2.60 bits per heavy atom. The van der Waals surface area contributed by atoms with Crippen molar-refractivity contribution in [3.63, 3.8) is 0 Å². The maximum atomic E-state index is 12.6. The second-order valence-electron chi connectivity index (χ2n) is 6.24. The van der Waals surface area contributed by atoms with E-state index in [1.807, 2.05) is 7.05 Å². The third-order valence-electron chi connectivity index (χ3n) is 4.87. The molecule has 6 heteroatoms. The zero-order valence-corrected chi connectivity index (χ0v) is 13.7. The summed E-state index contributed by atoms with van der Waals surface area (Å²) in [5.74, 6) is 1.36. The fourth-order valence-corrected chi connectivity index (χ4v) is 5.04. The zero-order valence-electron chi connectivity index (χ0n) is 12.8. The lowest BCUT2D eigenvalue weighted by atomic mass is 9.76. The van der Waals surface area contributed by atoms with Crippen molar-refractivity contribution in [2.45, 2.75) is 38.5 Å². The van der Waals surface area contributed by atoms with E-state index in [-0.39, 0.29) is 0 Å². The fourth-order valence-electron chi connectivity index (χ4n) is 3.57. The van der Waals surface area contributed by atoms with Gasteiger partial charge in [-0.15, -0.1) is 0 Å². The van der Waals surface area contributed by atoms with E-state index in [4.69, 9.17) is 0 Å². The van der Waals surface area contributed by atoms with Crippen LogP contribution in [0.15, 0.2) is 0 Å². The molecule has 0 bridgehead atoms. The molecule has 118 valence electrons. The van der Waals surface area contributed by atoms with E-state index >= 15 is 0 Å². The molecule has 0 spiro atoms. The number of rotatable bonds is 6. The van der Waals surface area contributed by atoms with Gasteiger partial charge in [0.05, 0.1) is 0 Å². The summed E-state index contributed by atoms with van der Waals surface area (Å²) < 4.78 is 28.4. The molecule has 1 saturated heterocycles. The number of piperidine rings is 1. The van der Waals surface area contributed by atoms with Gasteiger partial charge in [-0.25, -0.2) is 0 Å². The van der Waals surface area contributed by atoms with Gasteiger partial charge in [-0.3, -0.25) is 0 Å². The fraction of sp³-hybridized carbons (Fsp3) is 1.00. The van der Waals surface area contributed by atoms with E-state index in [2.05, 4.69) is 5.32 Å². The van der Waals surface area contributed by atoms with E-state index in [1.54, 1.807) is 11.4 Å². The highest BCUT2D eigenvalue weighted by atomic mass is 32.2. The highest BCUT2D eigenvalue weighted by molar-refractivity contribution is 7.86. The first kappa shape index (κ1) is 16.2. The van der Waals surface area contributed by atoms with Crippen molar-refractivity contribution in [1.29, 1.82) is 0 Å². The van der Waals surface area contributed by atoms with Crippen LogP contribution in [-0.4, -0.2) is 57.3 Å². The maximum Gasteiger partial charge on any atom is 0.281 e. The van der Waals surface area contributed by atoms with Gasteiger partial charge >= 0.3 is 0 Å². The van der Waals surface area contributed by atoms with Gasteiger partial charge < -0.3 is 5.32 Å². The van der Waals surface area contributed by atoms with E-state index in [9.17, 15) is 8.42 Å². The molecular formula is C14H29N3O2S. The van der Waals surface area contributed by atoms with Gasteiger partial charge in [0.1, 0.15) is 0 Å². The zero-order chi connectivity index (χ0) is 14.6. The molecule has 2 aliphatic rings. The average Bonchev–Trinajstić information content (AvgIpc) is 2.46. The van der Waals surface area contributed by atoms with Crippen LogP contribution in [0.25, 0.3) is 0 Å². The molecule has 1 heterocycles. The topological polar surface area (TPSA) is 52.7 Å². The smallest absolute Gasteiger partial charge is 0.281 e. The molecule has 1 N–H and O–H groups in total. The third kappa shape index (κ3) is 3.72. The van der Waals surface area contributed by atoms with Crippen molar-refractivity contribution in [2.75, 3.05) is 40.3 Å². The molecule has 0 aromatic heterocycles. The first-order chi connectivity index (χ1) is 9.55. The molecular weight excluding hydrogens is 274 g/mol. The maximum absolute atomic E-state index is 12.6. The van der Waals surface area contributed by atoms with E-state index in [0.717, 1.165) is 31.8 Å². The van der Waals surface area contributed by atoms with Crippen LogP contribution < -0.4 is 5.32 Å². The third-order valence-corrected chi connectivity index (χ3v) is 6.83. The van der Waals surface area contributed by atoms with Gasteiger partial charge in [-0.1, -0.05) is 19.3 Å². The molecule has 2 unspecified atom stereocenters. The summed E-state index contributed by atoms with van der Waals surface area (Å²) in [6.07, 6.45) is 7.02. The van der Waals surface area contributed by atoms with Crippen molar-refractivity contribution >= 4 is 10.2 Å². The average molecular weight is 303 g/mol. The van der Waals surface area contributed by atoms with E-state index in [0.29, 0.717) is 19.0 Å². The molecule has 20 heavy (non-hydrogen) atoms. The van der Waals surface area contributed by atoms with Crippen LogP contribution in [0.5, 0.6) is 0 Å². The van der Waals surface area contributed by atoms with Crippen molar-refractivity contribution in [3.05, 3.63) is 0 Å². The molecule has 2 fully saturated rings. The highest BCUT2D eigenvalue weighted by Crippen LogP contribution is 2.37. The van der Waals surface area contributed by atoms with Gasteiger partial charge in [0.2, 0.25) is 0 Å². The standard InChI is InChI=1S/C14H29N3O2S/c1-15-9-5-10-16(2)20(18,19)17-11-8-13-6-3-4-7-14(13)12-17/h13-15H,3-12H2,1-2H3. The number of fused-ring (bicyclic) bond motifs is 1. The molecule has 1 saturated carbocycles. The molecule has 1 aliphatic carbocycles. The summed E-state index contributed by atoms with van der Waals surface area (Å²) >= 11 is 0. The monoisotopic (exact) mass is 303 g/mol. The van der Waals surface area contributed by atoms with E-state index in [1.165, 1.54) is 30.0 Å². The van der Waals surface area contributed by atoms with Crippen LogP contribution in [0.3, 0.4) is 0 Å². The first-order valence-corrected chi connectivity index (χ1v) is 9.31. The Morgan fingerprint density at radius 2 is 1.90 bits per heavy atom.